The Hall–Kier alpha value is -1.95. The highest BCUT2D eigenvalue weighted by molar-refractivity contribution is 7.09. The van der Waals surface area contributed by atoms with Crippen molar-refractivity contribution in [3.8, 4) is 0 Å². The number of hydrogen-bond acceptors (Lipinski definition) is 4. The molecular formula is C12H12FN3OS. The van der Waals surface area contributed by atoms with Crippen molar-refractivity contribution in [2.45, 2.75) is 13.5 Å². The number of thiazole rings is 1. The van der Waals surface area contributed by atoms with E-state index in [1.807, 2.05) is 0 Å². The van der Waals surface area contributed by atoms with Crippen LogP contribution in [-0.4, -0.2) is 10.9 Å². The Bertz CT molecular complexity index is 546. The number of nitrogen functional groups attached to an aromatic ring is 1. The Morgan fingerprint density at radius 1 is 1.56 bits per heavy atom. The molecule has 1 aromatic heterocycles. The van der Waals surface area contributed by atoms with E-state index in [0.29, 0.717) is 12.1 Å². The molecule has 0 unspecified atom stereocenters. The Balaban J connectivity index is 2.09. The number of hydrogen-bond donors (Lipinski definition) is 2. The van der Waals surface area contributed by atoms with Crippen LogP contribution < -0.4 is 11.1 Å². The zero-order valence-corrected chi connectivity index (χ0v) is 10.6. The first kappa shape index (κ1) is 12.5. The first-order valence-corrected chi connectivity index (χ1v) is 6.17. The van der Waals surface area contributed by atoms with Crippen molar-refractivity contribution in [3.05, 3.63) is 45.7 Å². The van der Waals surface area contributed by atoms with Crippen LogP contribution in [-0.2, 0) is 6.54 Å². The highest BCUT2D eigenvalue weighted by Gasteiger charge is 2.11. The van der Waals surface area contributed by atoms with E-state index in [4.69, 9.17) is 5.73 Å². The van der Waals surface area contributed by atoms with Gasteiger partial charge in [-0.25, -0.2) is 4.39 Å². The molecular weight excluding hydrogens is 253 g/mol. The number of nitrogens with one attached hydrogen (secondary N) is 1. The molecule has 0 aliphatic heterocycles. The second-order valence-corrected chi connectivity index (χ2v) is 4.79. The van der Waals surface area contributed by atoms with E-state index in [1.165, 1.54) is 23.5 Å². The van der Waals surface area contributed by atoms with E-state index in [1.54, 1.807) is 18.6 Å². The van der Waals surface area contributed by atoms with Gasteiger partial charge in [0.2, 0.25) is 0 Å². The van der Waals surface area contributed by atoms with Crippen LogP contribution in [0.3, 0.4) is 0 Å². The van der Waals surface area contributed by atoms with E-state index in [-0.39, 0.29) is 17.2 Å². The van der Waals surface area contributed by atoms with Crippen LogP contribution in [0.25, 0.3) is 0 Å². The third kappa shape index (κ3) is 2.65. The number of rotatable bonds is 3. The Labute approximate surface area is 108 Å². The van der Waals surface area contributed by atoms with Gasteiger partial charge in [-0.2, -0.15) is 0 Å². The minimum absolute atomic E-state index is 0.222. The van der Waals surface area contributed by atoms with E-state index < -0.39 is 5.82 Å². The number of carbonyl (C=O) groups is 1. The molecule has 0 fully saturated rings. The van der Waals surface area contributed by atoms with Gasteiger partial charge in [0.15, 0.2) is 0 Å². The summed E-state index contributed by atoms with van der Waals surface area (Å²) in [5, 5.41) is 2.68. The number of halogens is 1. The molecule has 0 bridgehead atoms. The van der Waals surface area contributed by atoms with Crippen LogP contribution >= 0.6 is 11.3 Å². The zero-order valence-electron chi connectivity index (χ0n) is 9.74. The zero-order chi connectivity index (χ0) is 13.1. The van der Waals surface area contributed by atoms with Gasteiger partial charge in [-0.05, 0) is 19.1 Å². The molecule has 0 radical (unpaired) electrons. The molecule has 1 amide bonds. The minimum atomic E-state index is -0.474. The first-order valence-electron chi connectivity index (χ1n) is 5.29. The molecule has 2 rings (SSSR count). The maximum atomic E-state index is 13.4. The van der Waals surface area contributed by atoms with Gasteiger partial charge in [0, 0.05) is 27.9 Å². The third-order valence-electron chi connectivity index (χ3n) is 2.55. The molecule has 3 N–H and O–H groups in total. The highest BCUT2D eigenvalue weighted by Crippen LogP contribution is 2.17. The average molecular weight is 265 g/mol. The van der Waals surface area contributed by atoms with Crippen molar-refractivity contribution in [2.75, 3.05) is 5.73 Å². The van der Waals surface area contributed by atoms with Gasteiger partial charge >= 0.3 is 0 Å². The number of benzene rings is 1. The summed E-state index contributed by atoms with van der Waals surface area (Å²) in [5.74, 6) is -0.827. The maximum Gasteiger partial charge on any atom is 0.251 e. The van der Waals surface area contributed by atoms with Crippen molar-refractivity contribution < 1.29 is 9.18 Å². The molecule has 0 atom stereocenters. The molecule has 0 aliphatic carbocycles. The summed E-state index contributed by atoms with van der Waals surface area (Å²) < 4.78 is 13.4. The molecule has 18 heavy (non-hydrogen) atoms. The lowest BCUT2D eigenvalue weighted by molar-refractivity contribution is 0.0951. The second kappa shape index (κ2) is 5.14. The average Bonchev–Trinajstić information content (AvgIpc) is 2.85. The molecule has 6 heteroatoms. The minimum Gasteiger partial charge on any atom is -0.398 e. The normalized spacial score (nSPS) is 10.3. The van der Waals surface area contributed by atoms with Crippen molar-refractivity contribution in [3.63, 3.8) is 0 Å². The number of anilines is 1. The van der Waals surface area contributed by atoms with Crippen molar-refractivity contribution >= 4 is 22.9 Å². The molecule has 1 aromatic carbocycles. The third-order valence-corrected chi connectivity index (χ3v) is 3.33. The topological polar surface area (TPSA) is 68.0 Å². The van der Waals surface area contributed by atoms with Crippen molar-refractivity contribution in [1.29, 1.82) is 0 Å². The lowest BCUT2D eigenvalue weighted by Gasteiger charge is -2.07. The maximum absolute atomic E-state index is 13.4. The fourth-order valence-electron chi connectivity index (χ4n) is 1.43. The van der Waals surface area contributed by atoms with Crippen LogP contribution in [0.5, 0.6) is 0 Å². The van der Waals surface area contributed by atoms with Gasteiger partial charge < -0.3 is 11.1 Å². The summed E-state index contributed by atoms with van der Waals surface area (Å²) >= 11 is 1.44. The molecule has 94 valence electrons. The lowest BCUT2D eigenvalue weighted by atomic mass is 10.1. The van der Waals surface area contributed by atoms with E-state index in [2.05, 4.69) is 10.3 Å². The lowest BCUT2D eigenvalue weighted by Crippen LogP contribution is -2.22. The van der Waals surface area contributed by atoms with Crippen LogP contribution in [0.15, 0.2) is 23.8 Å². The fourth-order valence-corrected chi connectivity index (χ4v) is 1.96. The quantitative estimate of drug-likeness (QED) is 0.835. The van der Waals surface area contributed by atoms with Crippen molar-refractivity contribution in [2.24, 2.45) is 0 Å². The molecule has 0 saturated heterocycles. The van der Waals surface area contributed by atoms with E-state index in [9.17, 15) is 9.18 Å². The Morgan fingerprint density at radius 2 is 2.33 bits per heavy atom. The fraction of sp³-hybridized carbons (Fsp3) is 0.167. The van der Waals surface area contributed by atoms with Gasteiger partial charge in [0.05, 0.1) is 12.1 Å². The van der Waals surface area contributed by atoms with Gasteiger partial charge in [0.25, 0.3) is 5.91 Å². The summed E-state index contributed by atoms with van der Waals surface area (Å²) in [6.45, 7) is 1.95. The van der Waals surface area contributed by atoms with Crippen molar-refractivity contribution in [1.82, 2.24) is 10.3 Å². The number of nitrogens with two attached hydrogens (primary N) is 1. The van der Waals surface area contributed by atoms with E-state index in [0.717, 1.165) is 4.88 Å². The number of nitrogens with zero attached hydrogens (tertiary/aromatic N) is 1. The predicted octanol–water partition coefficient (Wildman–Crippen LogP) is 2.10. The molecule has 0 saturated carbocycles. The second-order valence-electron chi connectivity index (χ2n) is 3.82. The van der Waals surface area contributed by atoms with E-state index >= 15 is 0 Å². The summed E-state index contributed by atoms with van der Waals surface area (Å²) in [7, 11) is 0. The number of aromatic nitrogens is 1. The monoisotopic (exact) mass is 265 g/mol. The van der Waals surface area contributed by atoms with Crippen LogP contribution in [0.4, 0.5) is 10.1 Å². The number of carbonyl (C=O) groups excluding carboxylic acids is 1. The summed E-state index contributed by atoms with van der Waals surface area (Å²) in [4.78, 5) is 16.6. The van der Waals surface area contributed by atoms with Crippen LogP contribution in [0, 0.1) is 12.7 Å². The molecule has 1 heterocycles. The van der Waals surface area contributed by atoms with Gasteiger partial charge in [0.1, 0.15) is 5.82 Å². The first-order chi connectivity index (χ1) is 8.58. The smallest absolute Gasteiger partial charge is 0.251 e. The molecule has 4 nitrogen and oxygen atoms in total. The van der Waals surface area contributed by atoms with Crippen LogP contribution in [0.2, 0.25) is 0 Å². The standard InChI is InChI=1S/C12H12FN3OS/c1-7-10(13)2-8(3-11(7)14)12(17)16-5-9-4-15-6-18-9/h2-4,6H,5,14H2,1H3,(H,16,17). The summed E-state index contributed by atoms with van der Waals surface area (Å²) in [6, 6.07) is 2.66. The Morgan fingerprint density at radius 3 is 2.94 bits per heavy atom. The van der Waals surface area contributed by atoms with Gasteiger partial charge in [-0.1, -0.05) is 0 Å². The van der Waals surface area contributed by atoms with Gasteiger partial charge in [-0.15, -0.1) is 11.3 Å². The van der Waals surface area contributed by atoms with Gasteiger partial charge in [-0.3, -0.25) is 9.78 Å². The predicted molar refractivity (Wildman–Crippen MR) is 68.8 cm³/mol. The summed E-state index contributed by atoms with van der Waals surface area (Å²) in [6.07, 6.45) is 1.68. The highest BCUT2D eigenvalue weighted by atomic mass is 32.1. The molecule has 0 spiro atoms. The molecule has 2 aromatic rings. The summed E-state index contributed by atoms with van der Waals surface area (Å²) in [5.41, 5.74) is 8.16. The Kier molecular flexibility index (Phi) is 3.57. The number of amides is 1. The van der Waals surface area contributed by atoms with Crippen LogP contribution in [0.1, 0.15) is 20.8 Å². The SMILES string of the molecule is Cc1c(N)cc(C(=O)NCc2cncs2)cc1F. The largest absolute Gasteiger partial charge is 0.398 e. The molecule has 0 aliphatic rings.